The molecule has 0 unspecified atom stereocenters. The Morgan fingerprint density at radius 1 is 0.365 bits per heavy atom. The molecule has 11 aromatic rings. The number of benzene rings is 10. The Labute approximate surface area is 372 Å². The fourth-order valence-electron chi connectivity index (χ4n) is 10.1. The Morgan fingerprint density at radius 2 is 0.889 bits per heavy atom. The van der Waals surface area contributed by atoms with E-state index in [-0.39, 0.29) is 5.41 Å². The van der Waals surface area contributed by atoms with Crippen LogP contribution in [0.5, 0.6) is 0 Å². The molecule has 10 aromatic carbocycles. The van der Waals surface area contributed by atoms with E-state index in [0.29, 0.717) is 0 Å². The zero-order valence-corrected chi connectivity index (χ0v) is 36.0. The van der Waals surface area contributed by atoms with Gasteiger partial charge in [-0.3, -0.25) is 0 Å². The molecule has 298 valence electrons. The molecule has 1 aliphatic rings. The molecule has 1 heterocycles. The summed E-state index contributed by atoms with van der Waals surface area (Å²) in [6, 6.07) is 82.7. The van der Waals surface area contributed by atoms with Gasteiger partial charge in [-0.2, -0.15) is 0 Å². The maximum Gasteiger partial charge on any atom is 0.0640 e. The van der Waals surface area contributed by atoms with E-state index in [4.69, 9.17) is 0 Å². The van der Waals surface area contributed by atoms with Gasteiger partial charge in [-0.05, 0) is 126 Å². The minimum atomic E-state index is -0.0877. The van der Waals surface area contributed by atoms with Crippen molar-refractivity contribution in [2.75, 3.05) is 4.90 Å². The molecule has 1 aromatic heterocycles. The highest BCUT2D eigenvalue weighted by Crippen LogP contribution is 2.52. The molecule has 0 N–H and O–H groups in total. The van der Waals surface area contributed by atoms with Crippen molar-refractivity contribution < 1.29 is 0 Å². The monoisotopic (exact) mass is 821 g/mol. The van der Waals surface area contributed by atoms with Crippen molar-refractivity contribution in [3.63, 3.8) is 0 Å². The fourth-order valence-corrected chi connectivity index (χ4v) is 11.3. The van der Waals surface area contributed by atoms with Gasteiger partial charge in [0.05, 0.1) is 10.4 Å². The highest BCUT2D eigenvalue weighted by atomic mass is 32.1. The number of hydrogen-bond acceptors (Lipinski definition) is 2. The lowest BCUT2D eigenvalue weighted by Crippen LogP contribution is -2.16. The highest BCUT2D eigenvalue weighted by Gasteiger charge is 2.37. The van der Waals surface area contributed by atoms with E-state index in [1.807, 2.05) is 11.3 Å². The second-order valence-corrected chi connectivity index (χ2v) is 18.4. The third-order valence-corrected chi connectivity index (χ3v) is 14.5. The summed E-state index contributed by atoms with van der Waals surface area (Å²) in [5.74, 6) is 0. The van der Waals surface area contributed by atoms with Crippen molar-refractivity contribution in [3.8, 4) is 55.6 Å². The van der Waals surface area contributed by atoms with Crippen LogP contribution in [-0.2, 0) is 5.41 Å². The van der Waals surface area contributed by atoms with Crippen LogP contribution in [0.15, 0.2) is 224 Å². The standard InChI is InChI=1S/C61H43NS/c1-61(2)56-21-7-5-16-52(56)54-19-10-18-51(59(54)61)44-32-36-50(37-33-44)62(57-22-11-20-55-53-17-6-8-23-58(53)63-60(55)57)49-34-30-42(31-35-49)41-24-26-43(27-25-41)46-14-9-15-47(38-46)48-29-28-40-12-3-4-13-45(40)39-48/h3-39H,1-2H3. The third-order valence-electron chi connectivity index (χ3n) is 13.3. The predicted octanol–water partition coefficient (Wildman–Crippen LogP) is 17.7. The topological polar surface area (TPSA) is 3.24 Å². The molecule has 0 atom stereocenters. The van der Waals surface area contributed by atoms with Crippen molar-refractivity contribution in [3.05, 3.63) is 236 Å². The summed E-state index contributed by atoms with van der Waals surface area (Å²) in [6.07, 6.45) is 0. The van der Waals surface area contributed by atoms with Gasteiger partial charge < -0.3 is 4.90 Å². The number of nitrogens with zero attached hydrogens (tertiary/aromatic N) is 1. The molecule has 1 nitrogen and oxygen atoms in total. The molecule has 0 amide bonds. The summed E-state index contributed by atoms with van der Waals surface area (Å²) in [4.78, 5) is 2.44. The highest BCUT2D eigenvalue weighted by molar-refractivity contribution is 7.26. The van der Waals surface area contributed by atoms with E-state index in [1.54, 1.807) is 0 Å². The van der Waals surface area contributed by atoms with Crippen molar-refractivity contribution in [2.24, 2.45) is 0 Å². The molecule has 12 rings (SSSR count). The SMILES string of the molecule is CC1(C)c2ccccc2-c2cccc(-c3ccc(N(c4ccc(-c5ccc(-c6cccc(-c7ccc8ccccc8c7)c6)cc5)cc4)c4cccc5c4sc4ccccc45)cc3)c21. The van der Waals surface area contributed by atoms with E-state index in [0.717, 1.165) is 11.4 Å². The van der Waals surface area contributed by atoms with Crippen LogP contribution in [0.4, 0.5) is 17.1 Å². The zero-order chi connectivity index (χ0) is 42.1. The number of thiophene rings is 1. The predicted molar refractivity (Wildman–Crippen MR) is 271 cm³/mol. The van der Waals surface area contributed by atoms with E-state index in [1.165, 1.54) is 103 Å². The van der Waals surface area contributed by atoms with Gasteiger partial charge in [-0.15, -0.1) is 11.3 Å². The van der Waals surface area contributed by atoms with E-state index in [9.17, 15) is 0 Å². The Balaban J connectivity index is 0.893. The third kappa shape index (κ3) is 6.29. The second kappa shape index (κ2) is 14.8. The quantitative estimate of drug-likeness (QED) is 0.155. The zero-order valence-electron chi connectivity index (χ0n) is 35.2. The van der Waals surface area contributed by atoms with Crippen LogP contribution < -0.4 is 4.90 Å². The van der Waals surface area contributed by atoms with Crippen molar-refractivity contribution >= 4 is 59.3 Å². The van der Waals surface area contributed by atoms with Gasteiger partial charge in [0.15, 0.2) is 0 Å². The van der Waals surface area contributed by atoms with E-state index >= 15 is 0 Å². The first-order chi connectivity index (χ1) is 31.0. The summed E-state index contributed by atoms with van der Waals surface area (Å²) in [5, 5.41) is 5.11. The molecule has 2 heteroatoms. The lowest BCUT2D eigenvalue weighted by molar-refractivity contribution is 0.662. The van der Waals surface area contributed by atoms with Gasteiger partial charge in [0.25, 0.3) is 0 Å². The van der Waals surface area contributed by atoms with Crippen LogP contribution in [0, 0.1) is 0 Å². The number of fused-ring (bicyclic) bond motifs is 7. The lowest BCUT2D eigenvalue weighted by atomic mass is 9.79. The first kappa shape index (κ1) is 37.3. The average Bonchev–Trinajstić information content (AvgIpc) is 3.84. The first-order valence-electron chi connectivity index (χ1n) is 21.8. The van der Waals surface area contributed by atoms with Gasteiger partial charge in [0.2, 0.25) is 0 Å². The van der Waals surface area contributed by atoms with Crippen LogP contribution in [0.25, 0.3) is 86.6 Å². The van der Waals surface area contributed by atoms with Crippen LogP contribution in [0.3, 0.4) is 0 Å². The summed E-state index contributed by atoms with van der Waals surface area (Å²) >= 11 is 1.87. The molecular weight excluding hydrogens is 779 g/mol. The molecule has 63 heavy (non-hydrogen) atoms. The first-order valence-corrected chi connectivity index (χ1v) is 22.6. The van der Waals surface area contributed by atoms with Crippen molar-refractivity contribution in [1.82, 2.24) is 0 Å². The van der Waals surface area contributed by atoms with Crippen LogP contribution in [0.2, 0.25) is 0 Å². The van der Waals surface area contributed by atoms with Crippen LogP contribution in [0.1, 0.15) is 25.0 Å². The van der Waals surface area contributed by atoms with Crippen LogP contribution >= 0.6 is 11.3 Å². The van der Waals surface area contributed by atoms with Gasteiger partial charge in [-0.25, -0.2) is 0 Å². The molecule has 1 aliphatic carbocycles. The Morgan fingerprint density at radius 3 is 1.67 bits per heavy atom. The van der Waals surface area contributed by atoms with Gasteiger partial charge in [0.1, 0.15) is 0 Å². The summed E-state index contributed by atoms with van der Waals surface area (Å²) in [6.45, 7) is 4.74. The van der Waals surface area contributed by atoms with E-state index in [2.05, 4.69) is 243 Å². The molecule has 0 saturated heterocycles. The molecule has 0 bridgehead atoms. The maximum atomic E-state index is 2.44. The summed E-state index contributed by atoms with van der Waals surface area (Å²) < 4.78 is 2.59. The smallest absolute Gasteiger partial charge is 0.0640 e. The van der Waals surface area contributed by atoms with Crippen LogP contribution in [-0.4, -0.2) is 0 Å². The van der Waals surface area contributed by atoms with Gasteiger partial charge in [-0.1, -0.05) is 190 Å². The number of rotatable bonds is 7. The summed E-state index contributed by atoms with van der Waals surface area (Å²) in [7, 11) is 0. The van der Waals surface area contributed by atoms with Gasteiger partial charge in [0, 0.05) is 32.3 Å². The average molecular weight is 822 g/mol. The minimum Gasteiger partial charge on any atom is -0.309 e. The largest absolute Gasteiger partial charge is 0.309 e. The normalized spacial score (nSPS) is 12.7. The number of anilines is 3. The molecule has 0 saturated carbocycles. The maximum absolute atomic E-state index is 2.44. The van der Waals surface area contributed by atoms with Crippen molar-refractivity contribution in [2.45, 2.75) is 19.3 Å². The second-order valence-electron chi connectivity index (χ2n) is 17.3. The Kier molecular flexibility index (Phi) is 8.77. The van der Waals surface area contributed by atoms with Crippen molar-refractivity contribution in [1.29, 1.82) is 0 Å². The number of hydrogen-bond donors (Lipinski definition) is 0. The molecule has 0 fully saturated rings. The Hall–Kier alpha value is -7.52. The molecule has 0 radical (unpaired) electrons. The summed E-state index contributed by atoms with van der Waals surface area (Å²) in [5.41, 5.74) is 18.6. The van der Waals surface area contributed by atoms with E-state index < -0.39 is 0 Å². The lowest BCUT2D eigenvalue weighted by Gasteiger charge is -2.27. The molecule has 0 aliphatic heterocycles. The van der Waals surface area contributed by atoms with Gasteiger partial charge >= 0.3 is 0 Å². The molecule has 0 spiro atoms. The minimum absolute atomic E-state index is 0.0877. The Bertz CT molecular complexity index is 3520. The fraction of sp³-hybridized carbons (Fsp3) is 0.0492. The molecular formula is C61H43NS.